The fourth-order valence-electron chi connectivity index (χ4n) is 3.86. The summed E-state index contributed by atoms with van der Waals surface area (Å²) in [6.07, 6.45) is 6.51. The summed E-state index contributed by atoms with van der Waals surface area (Å²) in [5.74, 6) is 1.41. The fraction of sp³-hybridized carbons (Fsp3) is 0.500. The second-order valence-corrected chi connectivity index (χ2v) is 7.06. The van der Waals surface area contributed by atoms with Gasteiger partial charge in [0.1, 0.15) is 5.82 Å². The van der Waals surface area contributed by atoms with Crippen molar-refractivity contribution in [1.29, 1.82) is 0 Å². The summed E-state index contributed by atoms with van der Waals surface area (Å²) < 4.78 is 7.25. The van der Waals surface area contributed by atoms with Crippen LogP contribution in [0.2, 0.25) is 0 Å². The summed E-state index contributed by atoms with van der Waals surface area (Å²) in [5, 5.41) is 7.97. The number of hydrogen-bond donors (Lipinski definition) is 1. The summed E-state index contributed by atoms with van der Waals surface area (Å²) in [5.41, 5.74) is 2.08. The first-order valence-electron chi connectivity index (χ1n) is 9.35. The van der Waals surface area contributed by atoms with Crippen molar-refractivity contribution in [3.63, 3.8) is 0 Å². The van der Waals surface area contributed by atoms with Crippen LogP contribution in [0.15, 0.2) is 36.4 Å². The van der Waals surface area contributed by atoms with Gasteiger partial charge in [-0.05, 0) is 37.8 Å². The Kier molecular flexibility index (Phi) is 4.83. The number of benzene rings is 1. The highest BCUT2D eigenvalue weighted by Gasteiger charge is 2.25. The highest BCUT2D eigenvalue weighted by molar-refractivity contribution is 5.92. The Morgan fingerprint density at radius 2 is 1.80 bits per heavy atom. The van der Waals surface area contributed by atoms with Crippen molar-refractivity contribution in [3.8, 4) is 5.69 Å². The predicted molar refractivity (Wildman–Crippen MR) is 96.9 cm³/mol. The van der Waals surface area contributed by atoms with E-state index < -0.39 is 0 Å². The van der Waals surface area contributed by atoms with Gasteiger partial charge in [-0.2, -0.15) is 5.10 Å². The molecular formula is C20H25N3O2. The number of nitrogens with zero attached hydrogens (tertiary/aromatic N) is 2. The first-order valence-corrected chi connectivity index (χ1v) is 9.35. The van der Waals surface area contributed by atoms with E-state index in [0.29, 0.717) is 19.1 Å². The van der Waals surface area contributed by atoms with Gasteiger partial charge in [0, 0.05) is 31.1 Å². The molecule has 2 aliphatic rings. The van der Waals surface area contributed by atoms with E-state index in [1.807, 2.05) is 35.0 Å². The molecule has 4 rings (SSSR count). The lowest BCUT2D eigenvalue weighted by atomic mass is 9.99. The van der Waals surface area contributed by atoms with Crippen molar-refractivity contribution >= 4 is 11.7 Å². The third-order valence-corrected chi connectivity index (χ3v) is 5.35. The molecule has 25 heavy (non-hydrogen) atoms. The Morgan fingerprint density at radius 1 is 1.08 bits per heavy atom. The maximum atomic E-state index is 12.7. The highest BCUT2D eigenvalue weighted by atomic mass is 16.5. The van der Waals surface area contributed by atoms with E-state index in [1.165, 1.54) is 25.7 Å². The van der Waals surface area contributed by atoms with Gasteiger partial charge in [0.05, 0.1) is 11.4 Å². The molecule has 1 aromatic carbocycles. The SMILES string of the molecule is O=C(Nc1cc(C2CCCC2)nn1-c1ccccc1)C1CCOCC1. The first-order chi connectivity index (χ1) is 12.3. The Hall–Kier alpha value is -2.14. The van der Waals surface area contributed by atoms with Gasteiger partial charge < -0.3 is 10.1 Å². The van der Waals surface area contributed by atoms with Crippen molar-refractivity contribution in [2.45, 2.75) is 44.4 Å². The van der Waals surface area contributed by atoms with E-state index in [4.69, 9.17) is 9.84 Å². The van der Waals surface area contributed by atoms with E-state index in [-0.39, 0.29) is 11.8 Å². The second-order valence-electron chi connectivity index (χ2n) is 7.06. The fourth-order valence-corrected chi connectivity index (χ4v) is 3.86. The molecule has 5 nitrogen and oxygen atoms in total. The van der Waals surface area contributed by atoms with Crippen LogP contribution in [0.25, 0.3) is 5.69 Å². The molecule has 0 atom stereocenters. The molecule has 1 N–H and O–H groups in total. The van der Waals surface area contributed by atoms with Crippen LogP contribution in [0.4, 0.5) is 5.82 Å². The van der Waals surface area contributed by atoms with Crippen LogP contribution in [0, 0.1) is 5.92 Å². The average Bonchev–Trinajstić information content (AvgIpc) is 3.33. The van der Waals surface area contributed by atoms with Gasteiger partial charge in [0.2, 0.25) is 5.91 Å². The molecule has 0 spiro atoms. The molecule has 2 aromatic rings. The number of amides is 1. The van der Waals surface area contributed by atoms with Crippen LogP contribution in [0.5, 0.6) is 0 Å². The third-order valence-electron chi connectivity index (χ3n) is 5.35. The molecule has 1 amide bonds. The number of ether oxygens (including phenoxy) is 1. The van der Waals surface area contributed by atoms with Crippen molar-refractivity contribution in [2.75, 3.05) is 18.5 Å². The van der Waals surface area contributed by atoms with Crippen molar-refractivity contribution < 1.29 is 9.53 Å². The van der Waals surface area contributed by atoms with Crippen LogP contribution < -0.4 is 5.32 Å². The monoisotopic (exact) mass is 339 g/mol. The van der Waals surface area contributed by atoms with Crippen LogP contribution in [0.1, 0.15) is 50.1 Å². The zero-order valence-corrected chi connectivity index (χ0v) is 14.5. The second kappa shape index (κ2) is 7.40. The third kappa shape index (κ3) is 3.61. The molecule has 1 aliphatic heterocycles. The van der Waals surface area contributed by atoms with Gasteiger partial charge in [-0.1, -0.05) is 31.0 Å². The van der Waals surface area contributed by atoms with E-state index >= 15 is 0 Å². The molecule has 1 aliphatic carbocycles. The summed E-state index contributed by atoms with van der Waals surface area (Å²) in [6, 6.07) is 12.1. The number of para-hydroxylation sites is 1. The average molecular weight is 339 g/mol. The molecule has 2 fully saturated rings. The number of nitrogens with one attached hydrogen (secondary N) is 1. The lowest BCUT2D eigenvalue weighted by molar-refractivity contribution is -0.122. The van der Waals surface area contributed by atoms with Gasteiger partial charge in [-0.25, -0.2) is 4.68 Å². The smallest absolute Gasteiger partial charge is 0.228 e. The molecule has 0 radical (unpaired) electrons. The van der Waals surface area contributed by atoms with Crippen molar-refractivity contribution in [3.05, 3.63) is 42.1 Å². The quantitative estimate of drug-likeness (QED) is 0.919. The largest absolute Gasteiger partial charge is 0.381 e. The lowest BCUT2D eigenvalue weighted by Gasteiger charge is -2.21. The Balaban J connectivity index is 1.61. The summed E-state index contributed by atoms with van der Waals surface area (Å²) >= 11 is 0. The van der Waals surface area contributed by atoms with E-state index in [2.05, 4.69) is 11.4 Å². The maximum Gasteiger partial charge on any atom is 0.228 e. The van der Waals surface area contributed by atoms with Crippen LogP contribution in [-0.2, 0) is 9.53 Å². The number of anilines is 1. The Bertz CT molecular complexity index is 714. The molecule has 1 aromatic heterocycles. The first kappa shape index (κ1) is 16.3. The standard InChI is InChI=1S/C20H25N3O2/c24-20(16-10-12-25-13-11-16)21-19-14-18(15-6-4-5-7-15)22-23(19)17-8-2-1-3-9-17/h1-3,8-9,14-16H,4-7,10-13H2,(H,21,24). The molecule has 0 unspecified atom stereocenters. The van der Waals surface area contributed by atoms with Gasteiger partial charge in [0.15, 0.2) is 0 Å². The van der Waals surface area contributed by atoms with Crippen LogP contribution in [0.3, 0.4) is 0 Å². The van der Waals surface area contributed by atoms with E-state index in [1.54, 1.807) is 0 Å². The normalized spacial score (nSPS) is 19.2. The topological polar surface area (TPSA) is 56.2 Å². The molecule has 5 heteroatoms. The van der Waals surface area contributed by atoms with Crippen LogP contribution >= 0.6 is 0 Å². The molecule has 1 saturated carbocycles. The number of carbonyl (C=O) groups excluding carboxylic acids is 1. The molecular weight excluding hydrogens is 314 g/mol. The minimum atomic E-state index is 0.0304. The minimum Gasteiger partial charge on any atom is -0.381 e. The Morgan fingerprint density at radius 3 is 2.52 bits per heavy atom. The van der Waals surface area contributed by atoms with E-state index in [9.17, 15) is 4.79 Å². The predicted octanol–water partition coefficient (Wildman–Crippen LogP) is 3.90. The molecule has 2 heterocycles. The number of carbonyl (C=O) groups is 1. The zero-order valence-electron chi connectivity index (χ0n) is 14.5. The summed E-state index contributed by atoms with van der Waals surface area (Å²) in [4.78, 5) is 12.7. The van der Waals surface area contributed by atoms with Gasteiger partial charge in [-0.3, -0.25) is 4.79 Å². The van der Waals surface area contributed by atoms with Crippen LogP contribution in [-0.4, -0.2) is 28.9 Å². The zero-order chi connectivity index (χ0) is 17.1. The molecule has 1 saturated heterocycles. The highest BCUT2D eigenvalue weighted by Crippen LogP contribution is 2.35. The number of hydrogen-bond acceptors (Lipinski definition) is 3. The molecule has 0 bridgehead atoms. The summed E-state index contributed by atoms with van der Waals surface area (Å²) in [6.45, 7) is 1.34. The van der Waals surface area contributed by atoms with E-state index in [0.717, 1.165) is 30.0 Å². The van der Waals surface area contributed by atoms with Gasteiger partial charge in [-0.15, -0.1) is 0 Å². The summed E-state index contributed by atoms with van der Waals surface area (Å²) in [7, 11) is 0. The Labute approximate surface area is 148 Å². The lowest BCUT2D eigenvalue weighted by Crippen LogP contribution is -2.29. The van der Waals surface area contributed by atoms with Gasteiger partial charge in [0.25, 0.3) is 0 Å². The number of aromatic nitrogens is 2. The molecule has 132 valence electrons. The van der Waals surface area contributed by atoms with Gasteiger partial charge >= 0.3 is 0 Å². The maximum absolute atomic E-state index is 12.7. The number of rotatable bonds is 4. The van der Waals surface area contributed by atoms with Crippen molar-refractivity contribution in [1.82, 2.24) is 9.78 Å². The van der Waals surface area contributed by atoms with Crippen molar-refractivity contribution in [2.24, 2.45) is 5.92 Å². The minimum absolute atomic E-state index is 0.0304.